The number of nitrogens with two attached hydrogens (primary N) is 1. The first-order valence-electron chi connectivity index (χ1n) is 5.72. The summed E-state index contributed by atoms with van der Waals surface area (Å²) in [5.74, 6) is 0.461. The lowest BCUT2D eigenvalue weighted by atomic mass is 10.2. The van der Waals surface area contributed by atoms with E-state index in [0.29, 0.717) is 12.4 Å². The van der Waals surface area contributed by atoms with Crippen LogP contribution in [0.15, 0.2) is 12.1 Å². The number of aryl methyl sites for hydroxylation is 1. The van der Waals surface area contributed by atoms with E-state index in [2.05, 4.69) is 4.98 Å². The molecule has 2 N–H and O–H groups in total. The Hall–Kier alpha value is -1.69. The number of rotatable bonds is 3. The van der Waals surface area contributed by atoms with Crippen molar-refractivity contribution in [1.82, 2.24) is 4.98 Å². The molecule has 0 aliphatic carbocycles. The molecule has 1 aliphatic rings. The highest BCUT2D eigenvalue weighted by Crippen LogP contribution is 2.31. The van der Waals surface area contributed by atoms with Crippen LogP contribution in [0.25, 0.3) is 0 Å². The van der Waals surface area contributed by atoms with E-state index in [1.54, 1.807) is 6.07 Å². The zero-order valence-electron chi connectivity index (χ0n) is 9.80. The second kappa shape index (κ2) is 4.67. The molecule has 0 aromatic carbocycles. The van der Waals surface area contributed by atoms with Crippen molar-refractivity contribution >= 4 is 11.5 Å². The van der Waals surface area contributed by atoms with E-state index in [9.17, 15) is 10.1 Å². The van der Waals surface area contributed by atoms with Crippen molar-refractivity contribution in [3.05, 3.63) is 27.9 Å². The maximum absolute atomic E-state index is 11.0. The number of nitrogens with zero attached hydrogens (tertiary/aromatic N) is 3. The summed E-state index contributed by atoms with van der Waals surface area (Å²) < 4.78 is 0. The van der Waals surface area contributed by atoms with Crippen LogP contribution in [0.1, 0.15) is 18.5 Å². The maximum atomic E-state index is 11.0. The predicted octanol–water partition coefficient (Wildman–Crippen LogP) is 1.23. The summed E-state index contributed by atoms with van der Waals surface area (Å²) in [5.41, 5.74) is 6.54. The minimum atomic E-state index is -0.381. The average molecular weight is 236 g/mol. The first-order chi connectivity index (χ1) is 8.13. The van der Waals surface area contributed by atoms with E-state index in [-0.39, 0.29) is 16.7 Å². The van der Waals surface area contributed by atoms with Crippen molar-refractivity contribution in [2.45, 2.75) is 25.8 Å². The SMILES string of the molecule is Cc1ccc([N+](=O)[O-])c(N2CCCC2CN)n1. The molecule has 1 aliphatic heterocycles. The maximum Gasteiger partial charge on any atom is 0.311 e. The minimum Gasteiger partial charge on any atom is -0.347 e. The van der Waals surface area contributed by atoms with Crippen molar-refractivity contribution in [3.63, 3.8) is 0 Å². The smallest absolute Gasteiger partial charge is 0.311 e. The lowest BCUT2D eigenvalue weighted by Crippen LogP contribution is -2.36. The molecule has 17 heavy (non-hydrogen) atoms. The molecule has 92 valence electrons. The fraction of sp³-hybridized carbons (Fsp3) is 0.545. The van der Waals surface area contributed by atoms with Crippen LogP contribution in [0.4, 0.5) is 11.5 Å². The van der Waals surface area contributed by atoms with Crippen LogP contribution in [0.5, 0.6) is 0 Å². The Morgan fingerprint density at radius 2 is 2.41 bits per heavy atom. The lowest BCUT2D eigenvalue weighted by Gasteiger charge is -2.24. The molecule has 0 bridgehead atoms. The number of hydrogen-bond donors (Lipinski definition) is 1. The van der Waals surface area contributed by atoms with Gasteiger partial charge in [0.05, 0.1) is 4.92 Å². The van der Waals surface area contributed by atoms with Crippen molar-refractivity contribution < 1.29 is 4.92 Å². The van der Waals surface area contributed by atoms with E-state index in [1.165, 1.54) is 6.07 Å². The Balaban J connectivity index is 2.42. The molecule has 1 saturated heterocycles. The first kappa shape index (κ1) is 11.8. The van der Waals surface area contributed by atoms with Gasteiger partial charge in [0.2, 0.25) is 5.82 Å². The van der Waals surface area contributed by atoms with Crippen LogP contribution in [0.3, 0.4) is 0 Å². The van der Waals surface area contributed by atoms with Gasteiger partial charge in [0, 0.05) is 30.9 Å². The second-order valence-electron chi connectivity index (χ2n) is 4.28. The first-order valence-corrected chi connectivity index (χ1v) is 5.72. The number of aromatic nitrogens is 1. The standard InChI is InChI=1S/C11H16N4O2/c1-8-4-5-10(15(16)17)11(13-8)14-6-2-3-9(14)7-12/h4-5,9H,2-3,6-7,12H2,1H3. The second-order valence-corrected chi connectivity index (χ2v) is 4.28. The van der Waals surface area contributed by atoms with Crippen LogP contribution in [-0.2, 0) is 0 Å². The highest BCUT2D eigenvalue weighted by Gasteiger charge is 2.30. The molecule has 0 spiro atoms. The molecule has 2 heterocycles. The van der Waals surface area contributed by atoms with Crippen LogP contribution >= 0.6 is 0 Å². The van der Waals surface area contributed by atoms with Gasteiger partial charge in [-0.3, -0.25) is 10.1 Å². The fourth-order valence-corrected chi connectivity index (χ4v) is 2.25. The molecule has 1 unspecified atom stereocenters. The van der Waals surface area contributed by atoms with Gasteiger partial charge in [-0.2, -0.15) is 0 Å². The molecule has 1 fully saturated rings. The summed E-state index contributed by atoms with van der Waals surface area (Å²) in [6, 6.07) is 3.35. The molecule has 6 heteroatoms. The Kier molecular flexibility index (Phi) is 3.23. The van der Waals surface area contributed by atoms with E-state index in [4.69, 9.17) is 5.73 Å². The van der Waals surface area contributed by atoms with E-state index in [1.807, 2.05) is 11.8 Å². The normalized spacial score (nSPS) is 19.6. The predicted molar refractivity (Wildman–Crippen MR) is 65.1 cm³/mol. The lowest BCUT2D eigenvalue weighted by molar-refractivity contribution is -0.384. The van der Waals surface area contributed by atoms with Crippen LogP contribution in [0, 0.1) is 17.0 Å². The molecule has 1 aromatic heterocycles. The molecule has 0 saturated carbocycles. The summed E-state index contributed by atoms with van der Waals surface area (Å²) in [6.07, 6.45) is 1.98. The third-order valence-electron chi connectivity index (χ3n) is 3.11. The number of nitro groups is 1. The fourth-order valence-electron chi connectivity index (χ4n) is 2.25. The highest BCUT2D eigenvalue weighted by atomic mass is 16.6. The Labute approximate surface area is 99.6 Å². The summed E-state index contributed by atoms with van der Waals surface area (Å²) in [6.45, 7) is 3.13. The molecular weight excluding hydrogens is 220 g/mol. The Bertz CT molecular complexity index is 435. The van der Waals surface area contributed by atoms with Gasteiger partial charge in [-0.25, -0.2) is 4.98 Å². The van der Waals surface area contributed by atoms with Crippen molar-refractivity contribution in [2.75, 3.05) is 18.0 Å². The van der Waals surface area contributed by atoms with Gasteiger partial charge in [-0.1, -0.05) is 0 Å². The molecule has 1 atom stereocenters. The van der Waals surface area contributed by atoms with Gasteiger partial charge < -0.3 is 10.6 Å². The zero-order chi connectivity index (χ0) is 12.4. The van der Waals surface area contributed by atoms with Crippen molar-refractivity contribution in [3.8, 4) is 0 Å². The summed E-state index contributed by atoms with van der Waals surface area (Å²) in [7, 11) is 0. The van der Waals surface area contributed by atoms with E-state index >= 15 is 0 Å². The van der Waals surface area contributed by atoms with Gasteiger partial charge in [-0.15, -0.1) is 0 Å². The molecule has 6 nitrogen and oxygen atoms in total. The number of hydrogen-bond acceptors (Lipinski definition) is 5. The van der Waals surface area contributed by atoms with Crippen LogP contribution < -0.4 is 10.6 Å². The highest BCUT2D eigenvalue weighted by molar-refractivity contribution is 5.59. The quantitative estimate of drug-likeness (QED) is 0.630. The summed E-state index contributed by atoms with van der Waals surface area (Å²) in [5, 5.41) is 11.0. The zero-order valence-corrected chi connectivity index (χ0v) is 9.80. The van der Waals surface area contributed by atoms with Crippen LogP contribution in [-0.4, -0.2) is 29.0 Å². The third-order valence-corrected chi connectivity index (χ3v) is 3.11. The van der Waals surface area contributed by atoms with Gasteiger partial charge >= 0.3 is 5.69 Å². The van der Waals surface area contributed by atoms with Crippen molar-refractivity contribution in [1.29, 1.82) is 0 Å². The molecule has 2 rings (SSSR count). The Morgan fingerprint density at radius 3 is 3.06 bits per heavy atom. The number of anilines is 1. The number of pyridine rings is 1. The largest absolute Gasteiger partial charge is 0.347 e. The summed E-state index contributed by atoms with van der Waals surface area (Å²) >= 11 is 0. The Morgan fingerprint density at radius 1 is 1.65 bits per heavy atom. The molecule has 0 amide bonds. The van der Waals surface area contributed by atoms with E-state index < -0.39 is 0 Å². The monoisotopic (exact) mass is 236 g/mol. The van der Waals surface area contributed by atoms with Gasteiger partial charge in [0.1, 0.15) is 0 Å². The molecular formula is C11H16N4O2. The summed E-state index contributed by atoms with van der Waals surface area (Å²) in [4.78, 5) is 16.9. The topological polar surface area (TPSA) is 85.3 Å². The third kappa shape index (κ3) is 2.21. The minimum absolute atomic E-state index is 0.0657. The van der Waals surface area contributed by atoms with Gasteiger partial charge in [0.15, 0.2) is 0 Å². The van der Waals surface area contributed by atoms with Gasteiger partial charge in [0.25, 0.3) is 0 Å². The van der Waals surface area contributed by atoms with Crippen molar-refractivity contribution in [2.24, 2.45) is 5.73 Å². The van der Waals surface area contributed by atoms with Gasteiger partial charge in [-0.05, 0) is 25.8 Å². The molecule has 1 aromatic rings. The average Bonchev–Trinajstić information content (AvgIpc) is 2.76. The molecule has 0 radical (unpaired) electrons. The van der Waals surface area contributed by atoms with E-state index in [0.717, 1.165) is 25.1 Å². The van der Waals surface area contributed by atoms with Crippen LogP contribution in [0.2, 0.25) is 0 Å².